The van der Waals surface area contributed by atoms with E-state index in [-0.39, 0.29) is 12.0 Å². The SMILES string of the molecule is CCNc1cc(C)ccc1NC(=O)CC1CCCCO1. The third-order valence-electron chi connectivity index (χ3n) is 3.50. The lowest BCUT2D eigenvalue weighted by Gasteiger charge is -2.22. The van der Waals surface area contributed by atoms with Crippen molar-refractivity contribution in [1.82, 2.24) is 0 Å². The van der Waals surface area contributed by atoms with E-state index in [9.17, 15) is 4.79 Å². The fourth-order valence-corrected chi connectivity index (χ4v) is 2.48. The van der Waals surface area contributed by atoms with Crippen molar-refractivity contribution in [3.8, 4) is 0 Å². The molecule has 1 amide bonds. The molecule has 1 aliphatic rings. The zero-order chi connectivity index (χ0) is 14.4. The van der Waals surface area contributed by atoms with E-state index < -0.39 is 0 Å². The molecule has 1 atom stereocenters. The topological polar surface area (TPSA) is 50.4 Å². The Morgan fingerprint density at radius 1 is 1.35 bits per heavy atom. The summed E-state index contributed by atoms with van der Waals surface area (Å²) < 4.78 is 5.61. The van der Waals surface area contributed by atoms with Gasteiger partial charge in [0.2, 0.25) is 5.91 Å². The zero-order valence-electron chi connectivity index (χ0n) is 12.4. The maximum absolute atomic E-state index is 12.1. The highest BCUT2D eigenvalue weighted by molar-refractivity contribution is 5.94. The molecule has 2 rings (SSSR count). The highest BCUT2D eigenvalue weighted by Crippen LogP contribution is 2.24. The van der Waals surface area contributed by atoms with Crippen LogP contribution in [-0.4, -0.2) is 25.2 Å². The van der Waals surface area contributed by atoms with Crippen molar-refractivity contribution >= 4 is 17.3 Å². The van der Waals surface area contributed by atoms with Crippen LogP contribution in [0.15, 0.2) is 18.2 Å². The van der Waals surface area contributed by atoms with Crippen molar-refractivity contribution < 1.29 is 9.53 Å². The van der Waals surface area contributed by atoms with Crippen molar-refractivity contribution in [3.05, 3.63) is 23.8 Å². The first kappa shape index (κ1) is 14.9. The number of carbonyl (C=O) groups is 1. The second-order valence-electron chi connectivity index (χ2n) is 5.32. The molecule has 4 nitrogen and oxygen atoms in total. The van der Waals surface area contributed by atoms with Gasteiger partial charge in [0.25, 0.3) is 0 Å². The molecule has 0 spiro atoms. The van der Waals surface area contributed by atoms with Crippen LogP contribution in [0.1, 0.15) is 38.2 Å². The number of nitrogens with one attached hydrogen (secondary N) is 2. The Labute approximate surface area is 120 Å². The molecule has 20 heavy (non-hydrogen) atoms. The number of benzene rings is 1. The smallest absolute Gasteiger partial charge is 0.227 e. The van der Waals surface area contributed by atoms with Crippen molar-refractivity contribution in [1.29, 1.82) is 0 Å². The zero-order valence-corrected chi connectivity index (χ0v) is 12.4. The van der Waals surface area contributed by atoms with Crippen LogP contribution < -0.4 is 10.6 Å². The van der Waals surface area contributed by atoms with Gasteiger partial charge in [-0.1, -0.05) is 6.07 Å². The van der Waals surface area contributed by atoms with Gasteiger partial charge in [0, 0.05) is 13.2 Å². The predicted molar refractivity (Wildman–Crippen MR) is 82.2 cm³/mol. The molecule has 1 unspecified atom stereocenters. The molecule has 1 fully saturated rings. The summed E-state index contributed by atoms with van der Waals surface area (Å²) in [6, 6.07) is 6.01. The highest BCUT2D eigenvalue weighted by Gasteiger charge is 2.18. The number of amides is 1. The lowest BCUT2D eigenvalue weighted by Crippen LogP contribution is -2.25. The Morgan fingerprint density at radius 2 is 2.20 bits per heavy atom. The van der Waals surface area contributed by atoms with Crippen LogP contribution in [0.3, 0.4) is 0 Å². The first-order valence-corrected chi connectivity index (χ1v) is 7.45. The largest absolute Gasteiger partial charge is 0.384 e. The molecule has 110 valence electrons. The molecule has 0 aromatic heterocycles. The number of hydrogen-bond donors (Lipinski definition) is 2. The third kappa shape index (κ3) is 4.23. The van der Waals surface area contributed by atoms with Gasteiger partial charge in [0.15, 0.2) is 0 Å². The molecule has 0 aliphatic carbocycles. The third-order valence-corrected chi connectivity index (χ3v) is 3.50. The maximum atomic E-state index is 12.1. The molecule has 1 saturated heterocycles. The minimum Gasteiger partial charge on any atom is -0.384 e. The molecule has 0 bridgehead atoms. The van der Waals surface area contributed by atoms with Crippen LogP contribution >= 0.6 is 0 Å². The first-order chi connectivity index (χ1) is 9.69. The number of carbonyl (C=O) groups excluding carboxylic acids is 1. The minimum atomic E-state index is 0.0277. The molecule has 1 heterocycles. The van der Waals surface area contributed by atoms with E-state index in [4.69, 9.17) is 4.74 Å². The summed E-state index contributed by atoms with van der Waals surface area (Å²) >= 11 is 0. The molecule has 2 N–H and O–H groups in total. The molecular formula is C16H24N2O2. The highest BCUT2D eigenvalue weighted by atomic mass is 16.5. The molecule has 0 saturated carbocycles. The van der Waals surface area contributed by atoms with Crippen LogP contribution in [-0.2, 0) is 9.53 Å². The molecule has 1 aliphatic heterocycles. The summed E-state index contributed by atoms with van der Waals surface area (Å²) in [5.74, 6) is 0.0277. The lowest BCUT2D eigenvalue weighted by molar-refractivity contribution is -0.119. The number of rotatable bonds is 5. The van der Waals surface area contributed by atoms with Gasteiger partial charge in [0.1, 0.15) is 0 Å². The summed E-state index contributed by atoms with van der Waals surface area (Å²) in [6.07, 6.45) is 3.78. The average molecular weight is 276 g/mol. The van der Waals surface area contributed by atoms with Crippen LogP contribution in [0.5, 0.6) is 0 Å². The van der Waals surface area contributed by atoms with Gasteiger partial charge in [-0.3, -0.25) is 4.79 Å². The predicted octanol–water partition coefficient (Wildman–Crippen LogP) is 3.32. The van der Waals surface area contributed by atoms with E-state index in [1.165, 1.54) is 5.56 Å². The molecule has 1 aromatic carbocycles. The van der Waals surface area contributed by atoms with Crippen LogP contribution in [0.2, 0.25) is 0 Å². The number of aryl methyl sites for hydroxylation is 1. The van der Waals surface area contributed by atoms with E-state index in [1.54, 1.807) is 0 Å². The summed E-state index contributed by atoms with van der Waals surface area (Å²) in [5.41, 5.74) is 3.00. The Morgan fingerprint density at radius 3 is 2.90 bits per heavy atom. The standard InChI is InChI=1S/C16H24N2O2/c1-3-17-15-10-12(2)7-8-14(15)18-16(19)11-13-6-4-5-9-20-13/h7-8,10,13,17H,3-6,9,11H2,1-2H3,(H,18,19). The van der Waals surface area contributed by atoms with Gasteiger partial charge in [0.05, 0.1) is 23.9 Å². The van der Waals surface area contributed by atoms with Gasteiger partial charge < -0.3 is 15.4 Å². The number of anilines is 2. The Hall–Kier alpha value is -1.55. The van der Waals surface area contributed by atoms with Gasteiger partial charge in [-0.05, 0) is 50.8 Å². The monoisotopic (exact) mass is 276 g/mol. The second kappa shape index (κ2) is 7.29. The maximum Gasteiger partial charge on any atom is 0.227 e. The van der Waals surface area contributed by atoms with E-state index in [0.29, 0.717) is 6.42 Å². The van der Waals surface area contributed by atoms with E-state index in [0.717, 1.165) is 43.8 Å². The van der Waals surface area contributed by atoms with Crippen molar-refractivity contribution in [2.24, 2.45) is 0 Å². The fourth-order valence-electron chi connectivity index (χ4n) is 2.48. The first-order valence-electron chi connectivity index (χ1n) is 7.45. The van der Waals surface area contributed by atoms with Gasteiger partial charge in [-0.2, -0.15) is 0 Å². The summed E-state index contributed by atoms with van der Waals surface area (Å²) in [6.45, 7) is 5.70. The Balaban J connectivity index is 1.96. The minimum absolute atomic E-state index is 0.0277. The number of hydrogen-bond acceptors (Lipinski definition) is 3. The van der Waals surface area contributed by atoms with Crippen LogP contribution in [0, 0.1) is 6.92 Å². The molecule has 1 aromatic rings. The fraction of sp³-hybridized carbons (Fsp3) is 0.562. The van der Waals surface area contributed by atoms with Crippen LogP contribution in [0.25, 0.3) is 0 Å². The van der Waals surface area contributed by atoms with Gasteiger partial charge >= 0.3 is 0 Å². The van der Waals surface area contributed by atoms with E-state index in [2.05, 4.69) is 16.7 Å². The Bertz CT molecular complexity index is 454. The molecular weight excluding hydrogens is 252 g/mol. The molecule has 4 heteroatoms. The summed E-state index contributed by atoms with van der Waals surface area (Å²) in [5, 5.41) is 6.27. The van der Waals surface area contributed by atoms with Crippen molar-refractivity contribution in [3.63, 3.8) is 0 Å². The van der Waals surface area contributed by atoms with Crippen molar-refractivity contribution in [2.75, 3.05) is 23.8 Å². The van der Waals surface area contributed by atoms with Crippen LogP contribution in [0.4, 0.5) is 11.4 Å². The van der Waals surface area contributed by atoms with Gasteiger partial charge in [-0.15, -0.1) is 0 Å². The van der Waals surface area contributed by atoms with Gasteiger partial charge in [-0.25, -0.2) is 0 Å². The Kier molecular flexibility index (Phi) is 5.41. The molecule has 0 radical (unpaired) electrons. The second-order valence-corrected chi connectivity index (χ2v) is 5.32. The number of ether oxygens (including phenoxy) is 1. The normalized spacial score (nSPS) is 18.6. The van der Waals surface area contributed by atoms with E-state index in [1.807, 2.05) is 26.0 Å². The van der Waals surface area contributed by atoms with Crippen molar-refractivity contribution in [2.45, 2.75) is 45.6 Å². The van der Waals surface area contributed by atoms with E-state index >= 15 is 0 Å². The lowest BCUT2D eigenvalue weighted by atomic mass is 10.1. The quantitative estimate of drug-likeness (QED) is 0.867. The average Bonchev–Trinajstić information content (AvgIpc) is 2.43. The summed E-state index contributed by atoms with van der Waals surface area (Å²) in [4.78, 5) is 12.1. The summed E-state index contributed by atoms with van der Waals surface area (Å²) in [7, 11) is 0.